The van der Waals surface area contributed by atoms with Crippen molar-refractivity contribution in [2.24, 2.45) is 5.92 Å². The van der Waals surface area contributed by atoms with Crippen LogP contribution >= 0.6 is 11.8 Å². The number of thioether (sulfide) groups is 1. The Bertz CT molecular complexity index is 60.7. The molecule has 0 atom stereocenters. The molecule has 1 rings (SSSR count). The van der Waals surface area contributed by atoms with E-state index in [2.05, 4.69) is 0 Å². The molecule has 0 aliphatic carbocycles. The predicted molar refractivity (Wildman–Crippen MR) is 26.3 cm³/mol. The van der Waals surface area contributed by atoms with Gasteiger partial charge in [0.05, 0.1) is 0 Å². The molecule has 1 fully saturated rings. The summed E-state index contributed by atoms with van der Waals surface area (Å²) in [6.45, 7) is 0. The second-order valence-electron chi connectivity index (χ2n) is 1.52. The van der Waals surface area contributed by atoms with Gasteiger partial charge in [-0.25, -0.2) is 0 Å². The van der Waals surface area contributed by atoms with E-state index in [4.69, 9.17) is 0 Å². The average Bonchev–Trinajstić information content (AvgIpc) is 1.23. The van der Waals surface area contributed by atoms with Gasteiger partial charge in [0, 0.05) is 17.4 Å². The first kappa shape index (κ1) is 5.35. The molecule has 1 aliphatic rings. The third-order valence-electron chi connectivity index (χ3n) is 0.947. The largest absolute Gasteiger partial charge is 0.314 e. The van der Waals surface area contributed by atoms with Gasteiger partial charge in [0.25, 0.3) is 0 Å². The van der Waals surface area contributed by atoms with Crippen LogP contribution in [0.3, 0.4) is 0 Å². The van der Waals surface area contributed by atoms with E-state index in [1.807, 2.05) is 0 Å². The molecule has 7 heavy (non-hydrogen) atoms. The van der Waals surface area contributed by atoms with Crippen molar-refractivity contribution in [1.29, 1.82) is 0 Å². The average molecular weight is 123 g/mol. The zero-order valence-electron chi connectivity index (χ0n) is 3.66. The Morgan fingerprint density at radius 3 is 2.00 bits per heavy atom. The fraction of sp³-hybridized carbons (Fsp3) is 0.750. The quantitative estimate of drug-likeness (QED) is 0.512. The molecular formula is C4H5F2S. The summed E-state index contributed by atoms with van der Waals surface area (Å²) in [4.78, 5) is 0. The van der Waals surface area contributed by atoms with E-state index in [1.54, 1.807) is 11.8 Å². The van der Waals surface area contributed by atoms with Crippen molar-refractivity contribution in [3.63, 3.8) is 0 Å². The van der Waals surface area contributed by atoms with Crippen molar-refractivity contribution in [1.82, 2.24) is 0 Å². The Morgan fingerprint density at radius 2 is 2.00 bits per heavy atom. The maximum Gasteiger partial charge on any atom is 0.314 e. The normalized spacial score (nSPS) is 22.7. The molecule has 0 nitrogen and oxygen atoms in total. The van der Waals surface area contributed by atoms with E-state index in [0.717, 1.165) is 0 Å². The smallest absolute Gasteiger partial charge is 0.200 e. The fourth-order valence-corrected chi connectivity index (χ4v) is 1.09. The van der Waals surface area contributed by atoms with Gasteiger partial charge in [-0.05, 0) is 0 Å². The highest BCUT2D eigenvalue weighted by Crippen LogP contribution is 2.33. The molecule has 0 saturated carbocycles. The Kier molecular flexibility index (Phi) is 1.52. The summed E-state index contributed by atoms with van der Waals surface area (Å²) in [5.74, 6) is 0.884. The van der Waals surface area contributed by atoms with Crippen LogP contribution in [0.25, 0.3) is 0 Å². The van der Waals surface area contributed by atoms with Crippen LogP contribution in [0.5, 0.6) is 0 Å². The maximum atomic E-state index is 11.4. The first-order valence-corrected chi connectivity index (χ1v) is 3.22. The number of hydrogen-bond donors (Lipinski definition) is 0. The standard InChI is InChI=1S/C4H5F2S/c5-4(6)3-1-7-2-3/h3H,1-2H2. The molecule has 1 heterocycles. The highest BCUT2D eigenvalue weighted by Gasteiger charge is 2.28. The van der Waals surface area contributed by atoms with E-state index in [1.165, 1.54) is 0 Å². The van der Waals surface area contributed by atoms with Crippen molar-refractivity contribution < 1.29 is 8.78 Å². The molecule has 0 amide bonds. The summed E-state index contributed by atoms with van der Waals surface area (Å²) in [7, 11) is 0. The summed E-state index contributed by atoms with van der Waals surface area (Å²) in [6.07, 6.45) is -1.39. The van der Waals surface area contributed by atoms with Gasteiger partial charge in [0.1, 0.15) is 0 Å². The van der Waals surface area contributed by atoms with Crippen molar-refractivity contribution >= 4 is 11.8 Å². The Hall–Kier alpha value is 0.210. The minimum Gasteiger partial charge on any atom is -0.200 e. The summed E-state index contributed by atoms with van der Waals surface area (Å²) in [5, 5.41) is 0. The molecule has 0 aromatic carbocycles. The highest BCUT2D eigenvalue weighted by molar-refractivity contribution is 8.00. The molecule has 41 valence electrons. The van der Waals surface area contributed by atoms with Crippen LogP contribution in [-0.2, 0) is 0 Å². The molecule has 3 heteroatoms. The van der Waals surface area contributed by atoms with E-state index in [9.17, 15) is 8.78 Å². The summed E-state index contributed by atoms with van der Waals surface area (Å²) in [5.41, 5.74) is 0. The summed E-state index contributed by atoms with van der Waals surface area (Å²) in [6, 6.07) is 0. The van der Waals surface area contributed by atoms with Gasteiger partial charge in [0.2, 0.25) is 0 Å². The lowest BCUT2D eigenvalue weighted by molar-refractivity contribution is 0.225. The van der Waals surface area contributed by atoms with Gasteiger partial charge in [-0.2, -0.15) is 20.5 Å². The van der Waals surface area contributed by atoms with Crippen LogP contribution in [-0.4, -0.2) is 11.5 Å². The molecule has 0 spiro atoms. The van der Waals surface area contributed by atoms with Gasteiger partial charge in [-0.1, -0.05) is 0 Å². The molecular weight excluding hydrogens is 118 g/mol. The fourth-order valence-electron chi connectivity index (χ4n) is 0.362. The second kappa shape index (κ2) is 1.99. The van der Waals surface area contributed by atoms with Crippen LogP contribution in [0.2, 0.25) is 0 Å². The van der Waals surface area contributed by atoms with Crippen LogP contribution in [0.4, 0.5) is 8.78 Å². The van der Waals surface area contributed by atoms with Crippen molar-refractivity contribution in [3.8, 4) is 0 Å². The topological polar surface area (TPSA) is 0 Å². The van der Waals surface area contributed by atoms with Crippen molar-refractivity contribution in [3.05, 3.63) is 6.43 Å². The first-order chi connectivity index (χ1) is 3.30. The molecule has 0 bridgehead atoms. The van der Waals surface area contributed by atoms with E-state index >= 15 is 0 Å². The first-order valence-electron chi connectivity index (χ1n) is 2.06. The van der Waals surface area contributed by atoms with Gasteiger partial charge in [0.15, 0.2) is 0 Å². The van der Waals surface area contributed by atoms with Gasteiger partial charge in [-0.15, -0.1) is 0 Å². The Morgan fingerprint density at radius 1 is 1.43 bits per heavy atom. The molecule has 1 radical (unpaired) electrons. The number of halogens is 2. The lowest BCUT2D eigenvalue weighted by Gasteiger charge is -2.21. The zero-order chi connectivity index (χ0) is 5.28. The Labute approximate surface area is 45.3 Å². The van der Waals surface area contributed by atoms with E-state index in [0.29, 0.717) is 11.5 Å². The molecule has 0 aromatic heterocycles. The van der Waals surface area contributed by atoms with Gasteiger partial charge >= 0.3 is 6.43 Å². The lowest BCUT2D eigenvalue weighted by atomic mass is 10.2. The van der Waals surface area contributed by atoms with Gasteiger partial charge in [-0.3, -0.25) is 0 Å². The number of rotatable bonds is 1. The molecule has 0 aromatic rings. The van der Waals surface area contributed by atoms with Crippen LogP contribution in [0, 0.1) is 12.3 Å². The summed E-state index contributed by atoms with van der Waals surface area (Å²) >= 11 is 1.57. The minimum atomic E-state index is -1.39. The predicted octanol–water partition coefficient (Wildman–Crippen LogP) is 1.78. The molecule has 0 unspecified atom stereocenters. The number of hydrogen-bond acceptors (Lipinski definition) is 1. The molecule has 0 N–H and O–H groups in total. The van der Waals surface area contributed by atoms with E-state index < -0.39 is 6.43 Å². The van der Waals surface area contributed by atoms with Crippen LogP contribution < -0.4 is 0 Å². The minimum absolute atomic E-state index is 0.370. The summed E-state index contributed by atoms with van der Waals surface area (Å²) < 4.78 is 22.8. The SMILES string of the molecule is F[C](F)C1CSC1. The monoisotopic (exact) mass is 123 g/mol. The molecule has 1 aliphatic heterocycles. The van der Waals surface area contributed by atoms with Crippen LogP contribution in [0.15, 0.2) is 0 Å². The van der Waals surface area contributed by atoms with Crippen molar-refractivity contribution in [2.75, 3.05) is 11.5 Å². The highest BCUT2D eigenvalue weighted by atomic mass is 32.2. The van der Waals surface area contributed by atoms with E-state index in [-0.39, 0.29) is 5.92 Å². The molecule has 1 saturated heterocycles. The third-order valence-corrected chi connectivity index (χ3v) is 2.22. The maximum absolute atomic E-state index is 11.4. The van der Waals surface area contributed by atoms with Crippen molar-refractivity contribution in [2.45, 2.75) is 0 Å². The van der Waals surface area contributed by atoms with Gasteiger partial charge < -0.3 is 0 Å². The zero-order valence-corrected chi connectivity index (χ0v) is 4.47. The second-order valence-corrected chi connectivity index (χ2v) is 2.60. The Balaban J connectivity index is 2.14. The van der Waals surface area contributed by atoms with Crippen LogP contribution in [0.1, 0.15) is 0 Å². The lowest BCUT2D eigenvalue weighted by Crippen LogP contribution is -2.20. The third kappa shape index (κ3) is 1.06.